The van der Waals surface area contributed by atoms with Crippen LogP contribution in [0.5, 0.6) is 0 Å². The zero-order chi connectivity index (χ0) is 8.85. The first-order chi connectivity index (χ1) is 5.17. The number of halogens is 1. The van der Waals surface area contributed by atoms with E-state index in [0.717, 1.165) is 6.42 Å². The van der Waals surface area contributed by atoms with Crippen molar-refractivity contribution in [2.75, 3.05) is 0 Å². The lowest BCUT2D eigenvalue weighted by atomic mass is 9.98. The fourth-order valence-electron chi connectivity index (χ4n) is 0.872. The van der Waals surface area contributed by atoms with Crippen molar-refractivity contribution in [1.82, 2.24) is 0 Å². The largest absolute Gasteiger partial charge is 0.207 e. The van der Waals surface area contributed by atoms with Gasteiger partial charge in [0.15, 0.2) is 0 Å². The topological polar surface area (TPSA) is 0 Å². The molecule has 0 nitrogen and oxygen atoms in total. The monoisotopic (exact) mass is 154 g/mol. The van der Waals surface area contributed by atoms with E-state index >= 15 is 0 Å². The van der Waals surface area contributed by atoms with Crippen LogP contribution in [0, 0.1) is 5.92 Å². The van der Waals surface area contributed by atoms with E-state index in [1.807, 2.05) is 13.8 Å². The Labute approximate surface area is 68.1 Å². The van der Waals surface area contributed by atoms with Crippen LogP contribution in [-0.2, 0) is 0 Å². The van der Waals surface area contributed by atoms with Crippen molar-refractivity contribution in [3.05, 3.63) is 36.7 Å². The van der Waals surface area contributed by atoms with Crippen molar-refractivity contribution >= 4 is 0 Å². The van der Waals surface area contributed by atoms with Crippen LogP contribution < -0.4 is 0 Å². The molecule has 0 aromatic heterocycles. The second-order valence-corrected chi connectivity index (χ2v) is 2.52. The zero-order valence-corrected chi connectivity index (χ0v) is 7.23. The van der Waals surface area contributed by atoms with Gasteiger partial charge in [0, 0.05) is 0 Å². The molecule has 0 heterocycles. The minimum atomic E-state index is -0.255. The van der Waals surface area contributed by atoms with E-state index in [4.69, 9.17) is 0 Å². The maximum absolute atomic E-state index is 12.9. The van der Waals surface area contributed by atoms with Crippen LogP contribution in [0.25, 0.3) is 0 Å². The van der Waals surface area contributed by atoms with E-state index < -0.39 is 0 Å². The molecule has 0 saturated heterocycles. The Hall–Kier alpha value is -0.850. The molecule has 0 aromatic rings. The summed E-state index contributed by atoms with van der Waals surface area (Å²) in [5.41, 5.74) is 0.655. The summed E-state index contributed by atoms with van der Waals surface area (Å²) >= 11 is 0. The number of hydrogen-bond donors (Lipinski definition) is 0. The van der Waals surface area contributed by atoms with Crippen molar-refractivity contribution in [2.45, 2.75) is 20.3 Å². The third-order valence-corrected chi connectivity index (χ3v) is 1.82. The van der Waals surface area contributed by atoms with Gasteiger partial charge < -0.3 is 0 Å². The number of hydrogen-bond acceptors (Lipinski definition) is 0. The molecule has 1 unspecified atom stereocenters. The Kier molecular flexibility index (Phi) is 4.51. The predicted octanol–water partition coefficient (Wildman–Crippen LogP) is 3.63. The first-order valence-electron chi connectivity index (χ1n) is 3.81. The number of allylic oxidation sites excluding steroid dienone is 4. The Morgan fingerprint density at radius 2 is 2.00 bits per heavy atom. The lowest BCUT2D eigenvalue weighted by molar-refractivity contribution is 0.598. The summed E-state index contributed by atoms with van der Waals surface area (Å²) in [5, 5.41) is 0. The summed E-state index contributed by atoms with van der Waals surface area (Å²) in [4.78, 5) is 0. The zero-order valence-electron chi connectivity index (χ0n) is 7.23. The van der Waals surface area contributed by atoms with Gasteiger partial charge in [-0.05, 0) is 24.0 Å². The highest BCUT2D eigenvalue weighted by molar-refractivity contribution is 5.28. The Bertz CT molecular complexity index is 177. The normalized spacial score (nSPS) is 15.2. The fourth-order valence-corrected chi connectivity index (χ4v) is 0.872. The molecule has 0 aliphatic heterocycles. The van der Waals surface area contributed by atoms with Crippen LogP contribution in [0.4, 0.5) is 4.39 Å². The first-order valence-corrected chi connectivity index (χ1v) is 3.81. The fraction of sp³-hybridized carbons (Fsp3) is 0.400. The molecule has 0 aliphatic rings. The lowest BCUT2D eigenvalue weighted by Gasteiger charge is -2.09. The minimum absolute atomic E-state index is 0.227. The van der Waals surface area contributed by atoms with Gasteiger partial charge in [0.2, 0.25) is 0 Å². The van der Waals surface area contributed by atoms with E-state index in [1.54, 1.807) is 6.08 Å². The Morgan fingerprint density at radius 3 is 2.27 bits per heavy atom. The molecular weight excluding hydrogens is 139 g/mol. The molecule has 0 N–H and O–H groups in total. The third-order valence-electron chi connectivity index (χ3n) is 1.82. The number of rotatable bonds is 4. The van der Waals surface area contributed by atoms with E-state index in [0.29, 0.717) is 5.57 Å². The van der Waals surface area contributed by atoms with Crippen molar-refractivity contribution in [3.8, 4) is 0 Å². The summed E-state index contributed by atoms with van der Waals surface area (Å²) < 4.78 is 12.9. The van der Waals surface area contributed by atoms with Gasteiger partial charge in [0.1, 0.15) is 5.83 Å². The van der Waals surface area contributed by atoms with Gasteiger partial charge in [-0.15, -0.1) is 0 Å². The molecule has 0 aromatic carbocycles. The summed E-state index contributed by atoms with van der Waals surface area (Å²) in [7, 11) is 0. The van der Waals surface area contributed by atoms with E-state index in [1.165, 1.54) is 6.08 Å². The minimum Gasteiger partial charge on any atom is -0.207 e. The van der Waals surface area contributed by atoms with Crippen molar-refractivity contribution in [1.29, 1.82) is 0 Å². The van der Waals surface area contributed by atoms with Crippen LogP contribution in [0.15, 0.2) is 36.7 Å². The second kappa shape index (κ2) is 4.89. The first kappa shape index (κ1) is 10.2. The summed E-state index contributed by atoms with van der Waals surface area (Å²) in [6.07, 6.45) is 3.71. The maximum Gasteiger partial charge on any atom is 0.126 e. The van der Waals surface area contributed by atoms with Crippen LogP contribution >= 0.6 is 0 Å². The summed E-state index contributed by atoms with van der Waals surface area (Å²) in [6, 6.07) is 0. The molecule has 0 bridgehead atoms. The Morgan fingerprint density at radius 1 is 1.45 bits per heavy atom. The smallest absolute Gasteiger partial charge is 0.126 e. The van der Waals surface area contributed by atoms with E-state index in [9.17, 15) is 4.39 Å². The molecule has 1 atom stereocenters. The van der Waals surface area contributed by atoms with Gasteiger partial charge in [-0.25, -0.2) is 4.39 Å². The van der Waals surface area contributed by atoms with E-state index in [2.05, 4.69) is 13.2 Å². The standard InChI is InChI=1S/C10H15F/c1-5-8(4)9(6-2)10(11)7-3/h6-8H,2-3,5H2,1,4H3/b10-9-. The molecule has 0 aliphatic carbocycles. The molecule has 62 valence electrons. The van der Waals surface area contributed by atoms with Crippen LogP contribution in [0.3, 0.4) is 0 Å². The van der Waals surface area contributed by atoms with Crippen molar-refractivity contribution in [3.63, 3.8) is 0 Å². The lowest BCUT2D eigenvalue weighted by Crippen LogP contribution is -1.96. The molecule has 0 rings (SSSR count). The molecule has 0 amide bonds. The SMILES string of the molecule is C=C/C(F)=C(\C=C)C(C)CC. The maximum atomic E-state index is 12.9. The van der Waals surface area contributed by atoms with Crippen LogP contribution in [0.2, 0.25) is 0 Å². The van der Waals surface area contributed by atoms with Gasteiger partial charge in [0.25, 0.3) is 0 Å². The van der Waals surface area contributed by atoms with Crippen LogP contribution in [-0.4, -0.2) is 0 Å². The predicted molar refractivity (Wildman–Crippen MR) is 48.0 cm³/mol. The van der Waals surface area contributed by atoms with Gasteiger partial charge in [-0.2, -0.15) is 0 Å². The van der Waals surface area contributed by atoms with Gasteiger partial charge in [0.05, 0.1) is 0 Å². The van der Waals surface area contributed by atoms with Crippen molar-refractivity contribution in [2.24, 2.45) is 5.92 Å². The molecule has 0 saturated carbocycles. The van der Waals surface area contributed by atoms with Gasteiger partial charge >= 0.3 is 0 Å². The Balaban J connectivity index is 4.63. The average Bonchev–Trinajstić information content (AvgIpc) is 2.05. The van der Waals surface area contributed by atoms with Crippen LogP contribution in [0.1, 0.15) is 20.3 Å². The third kappa shape index (κ3) is 2.71. The molecule has 1 heteroatoms. The average molecular weight is 154 g/mol. The summed E-state index contributed by atoms with van der Waals surface area (Å²) in [6.45, 7) is 10.9. The second-order valence-electron chi connectivity index (χ2n) is 2.52. The molecule has 0 spiro atoms. The van der Waals surface area contributed by atoms with Gasteiger partial charge in [-0.1, -0.05) is 33.1 Å². The quantitative estimate of drug-likeness (QED) is 0.542. The molecular formula is C10H15F. The van der Waals surface area contributed by atoms with Gasteiger partial charge in [-0.3, -0.25) is 0 Å². The molecule has 0 radical (unpaired) electrons. The highest BCUT2D eigenvalue weighted by Gasteiger charge is 2.06. The van der Waals surface area contributed by atoms with E-state index in [-0.39, 0.29) is 11.7 Å². The molecule has 0 fully saturated rings. The molecule has 11 heavy (non-hydrogen) atoms. The van der Waals surface area contributed by atoms with Crippen molar-refractivity contribution < 1.29 is 4.39 Å². The highest BCUT2D eigenvalue weighted by Crippen LogP contribution is 2.20. The highest BCUT2D eigenvalue weighted by atomic mass is 19.1. The summed E-state index contributed by atoms with van der Waals surface area (Å²) in [5.74, 6) is -0.0279.